The standard InChI is InChI=1S/C38H22N4O2/c1-40-30-21-20-27(42-33-12-4-8-16-37(33)44-38-17-9-5-13-34(38)42)23-29(30)28-22-26(19-18-25(28)24-39)41-31-10-2-6-14-35(31)43-36-15-7-3-11-32(36)41/h2-23H. The van der Waals surface area contributed by atoms with Crippen LogP contribution in [0.15, 0.2) is 133 Å². The minimum atomic E-state index is 0.458. The van der Waals surface area contributed by atoms with Crippen molar-refractivity contribution in [3.8, 4) is 40.2 Å². The van der Waals surface area contributed by atoms with E-state index in [9.17, 15) is 5.26 Å². The maximum absolute atomic E-state index is 10.3. The number of nitrogens with zero attached hydrogens (tertiary/aromatic N) is 4. The van der Waals surface area contributed by atoms with Crippen LogP contribution in [0.1, 0.15) is 5.56 Å². The molecule has 2 heterocycles. The molecule has 0 N–H and O–H groups in total. The highest BCUT2D eigenvalue weighted by molar-refractivity contribution is 5.94. The summed E-state index contributed by atoms with van der Waals surface area (Å²) in [4.78, 5) is 8.14. The average Bonchev–Trinajstić information content (AvgIpc) is 3.09. The molecule has 6 nitrogen and oxygen atoms in total. The van der Waals surface area contributed by atoms with Crippen LogP contribution in [-0.2, 0) is 0 Å². The van der Waals surface area contributed by atoms with Crippen LogP contribution >= 0.6 is 0 Å². The van der Waals surface area contributed by atoms with Gasteiger partial charge in [0.2, 0.25) is 0 Å². The lowest BCUT2D eigenvalue weighted by Crippen LogP contribution is -2.16. The van der Waals surface area contributed by atoms with E-state index in [1.807, 2.05) is 133 Å². The summed E-state index contributed by atoms with van der Waals surface area (Å²) in [5.74, 6) is 2.97. The third-order valence-corrected chi connectivity index (χ3v) is 7.90. The van der Waals surface area contributed by atoms with Gasteiger partial charge in [0, 0.05) is 11.4 Å². The number of ether oxygens (including phenoxy) is 2. The summed E-state index contributed by atoms with van der Waals surface area (Å²) < 4.78 is 12.4. The molecule has 8 rings (SSSR count). The summed E-state index contributed by atoms with van der Waals surface area (Å²) in [6, 6.07) is 45.4. The molecule has 0 atom stereocenters. The minimum absolute atomic E-state index is 0.458. The van der Waals surface area contributed by atoms with Gasteiger partial charge in [-0.05, 0) is 90.0 Å². The summed E-state index contributed by atoms with van der Waals surface area (Å²) in [5, 5.41) is 10.3. The average molecular weight is 567 g/mol. The number of hydrogen-bond donors (Lipinski definition) is 0. The van der Waals surface area contributed by atoms with Gasteiger partial charge in [0.15, 0.2) is 28.7 Å². The number of hydrogen-bond acceptors (Lipinski definition) is 5. The Hall–Kier alpha value is -6.50. The predicted molar refractivity (Wildman–Crippen MR) is 172 cm³/mol. The van der Waals surface area contributed by atoms with E-state index in [1.54, 1.807) is 0 Å². The Morgan fingerprint density at radius 1 is 0.523 bits per heavy atom. The Kier molecular flexibility index (Phi) is 5.79. The van der Waals surface area contributed by atoms with Crippen LogP contribution < -0.4 is 19.3 Å². The van der Waals surface area contributed by atoms with Crippen molar-refractivity contribution in [2.75, 3.05) is 9.80 Å². The van der Waals surface area contributed by atoms with Crippen LogP contribution in [0.25, 0.3) is 16.0 Å². The molecule has 0 bridgehead atoms. The van der Waals surface area contributed by atoms with Gasteiger partial charge in [-0.1, -0.05) is 54.6 Å². The van der Waals surface area contributed by atoms with E-state index in [0.717, 1.165) is 57.1 Å². The Morgan fingerprint density at radius 2 is 0.932 bits per heavy atom. The van der Waals surface area contributed by atoms with Gasteiger partial charge in [-0.15, -0.1) is 0 Å². The van der Waals surface area contributed by atoms with Crippen LogP contribution in [0.2, 0.25) is 0 Å². The molecule has 6 heteroatoms. The van der Waals surface area contributed by atoms with Crippen LogP contribution in [0, 0.1) is 17.9 Å². The Balaban J connectivity index is 1.33. The first-order valence-corrected chi connectivity index (χ1v) is 14.1. The van der Waals surface area contributed by atoms with Crippen molar-refractivity contribution in [2.24, 2.45) is 0 Å². The zero-order valence-corrected chi connectivity index (χ0v) is 23.3. The van der Waals surface area contributed by atoms with Crippen molar-refractivity contribution < 1.29 is 9.47 Å². The third kappa shape index (κ3) is 3.94. The fourth-order valence-corrected chi connectivity index (χ4v) is 5.93. The first-order chi connectivity index (χ1) is 21.7. The van der Waals surface area contributed by atoms with Crippen LogP contribution in [0.4, 0.5) is 39.8 Å². The highest BCUT2D eigenvalue weighted by atomic mass is 16.5. The number of para-hydroxylation sites is 8. The number of nitriles is 1. The van der Waals surface area contributed by atoms with E-state index < -0.39 is 0 Å². The van der Waals surface area contributed by atoms with Crippen molar-refractivity contribution in [1.82, 2.24) is 0 Å². The molecule has 0 saturated heterocycles. The van der Waals surface area contributed by atoms with E-state index >= 15 is 0 Å². The number of anilines is 6. The first-order valence-electron chi connectivity index (χ1n) is 14.1. The van der Waals surface area contributed by atoms with Crippen molar-refractivity contribution in [3.63, 3.8) is 0 Å². The van der Waals surface area contributed by atoms with Gasteiger partial charge in [0.25, 0.3) is 0 Å². The zero-order chi connectivity index (χ0) is 29.6. The second-order valence-electron chi connectivity index (χ2n) is 10.4. The van der Waals surface area contributed by atoms with Gasteiger partial charge in [-0.25, -0.2) is 4.85 Å². The van der Waals surface area contributed by atoms with Gasteiger partial charge in [-0.3, -0.25) is 0 Å². The molecular weight excluding hydrogens is 544 g/mol. The van der Waals surface area contributed by atoms with Crippen LogP contribution in [0.5, 0.6) is 23.0 Å². The molecular formula is C38H22N4O2. The molecule has 2 aliphatic rings. The second-order valence-corrected chi connectivity index (χ2v) is 10.4. The summed E-state index contributed by atoms with van der Waals surface area (Å²) in [6.45, 7) is 8.04. The fourth-order valence-electron chi connectivity index (χ4n) is 5.93. The van der Waals surface area contributed by atoms with Crippen LogP contribution in [-0.4, -0.2) is 0 Å². The molecule has 0 radical (unpaired) electrons. The fraction of sp³-hybridized carbons (Fsp3) is 0. The first kappa shape index (κ1) is 25.2. The molecule has 44 heavy (non-hydrogen) atoms. The number of fused-ring (bicyclic) bond motifs is 4. The van der Waals surface area contributed by atoms with E-state index in [2.05, 4.69) is 20.7 Å². The predicted octanol–water partition coefficient (Wildman–Crippen LogP) is 10.9. The molecule has 2 aliphatic heterocycles. The SMILES string of the molecule is [C-]#[N+]c1ccc(N2c3ccccc3Oc3ccccc32)cc1-c1cc(N2c3ccccc3Oc3ccccc32)ccc1C#N. The molecule has 6 aromatic carbocycles. The zero-order valence-electron chi connectivity index (χ0n) is 23.3. The van der Waals surface area contributed by atoms with Crippen LogP contribution in [0.3, 0.4) is 0 Å². The topological polar surface area (TPSA) is 53.1 Å². The van der Waals surface area contributed by atoms with E-state index in [4.69, 9.17) is 16.0 Å². The molecule has 0 unspecified atom stereocenters. The largest absolute Gasteiger partial charge is 0.453 e. The molecule has 0 aliphatic carbocycles. The molecule has 0 aromatic heterocycles. The maximum atomic E-state index is 10.3. The van der Waals surface area contributed by atoms with Gasteiger partial charge in [0.05, 0.1) is 41.0 Å². The summed E-state index contributed by atoms with van der Waals surface area (Å²) >= 11 is 0. The lowest BCUT2D eigenvalue weighted by atomic mass is 9.96. The highest BCUT2D eigenvalue weighted by Crippen LogP contribution is 2.53. The van der Waals surface area contributed by atoms with Gasteiger partial charge >= 0.3 is 0 Å². The Morgan fingerprint density at radius 3 is 1.36 bits per heavy atom. The van der Waals surface area contributed by atoms with Crippen molar-refractivity contribution in [1.29, 1.82) is 5.26 Å². The summed E-state index contributed by atoms with van der Waals surface area (Å²) in [7, 11) is 0. The van der Waals surface area contributed by atoms with E-state index in [0.29, 0.717) is 22.4 Å². The summed E-state index contributed by atoms with van der Waals surface area (Å²) in [6.07, 6.45) is 0. The molecule has 6 aromatic rings. The highest BCUT2D eigenvalue weighted by Gasteiger charge is 2.28. The molecule has 206 valence electrons. The normalized spacial score (nSPS) is 12.3. The second kappa shape index (κ2) is 10.1. The number of rotatable bonds is 3. The van der Waals surface area contributed by atoms with Crippen molar-refractivity contribution in [3.05, 3.63) is 150 Å². The molecule has 0 amide bonds. The maximum Gasteiger partial charge on any atom is 0.195 e. The van der Waals surface area contributed by atoms with Gasteiger partial charge in [0.1, 0.15) is 0 Å². The van der Waals surface area contributed by atoms with Crippen molar-refractivity contribution >= 4 is 39.8 Å². The monoisotopic (exact) mass is 566 g/mol. The summed E-state index contributed by atoms with van der Waals surface area (Å²) in [5.41, 5.74) is 7.56. The Bertz CT molecular complexity index is 1950. The third-order valence-electron chi connectivity index (χ3n) is 7.90. The van der Waals surface area contributed by atoms with Crippen molar-refractivity contribution in [2.45, 2.75) is 0 Å². The quantitative estimate of drug-likeness (QED) is 0.199. The van der Waals surface area contributed by atoms with Gasteiger partial charge < -0.3 is 19.3 Å². The molecule has 0 fully saturated rings. The van der Waals surface area contributed by atoms with E-state index in [1.165, 1.54) is 0 Å². The van der Waals surface area contributed by atoms with Gasteiger partial charge in [-0.2, -0.15) is 5.26 Å². The number of benzene rings is 6. The van der Waals surface area contributed by atoms with E-state index in [-0.39, 0.29) is 0 Å². The lowest BCUT2D eigenvalue weighted by Gasteiger charge is -2.33. The molecule has 0 spiro atoms. The molecule has 0 saturated carbocycles. The Labute approximate surface area is 254 Å². The minimum Gasteiger partial charge on any atom is -0.453 e. The lowest BCUT2D eigenvalue weighted by molar-refractivity contribution is 0.476. The smallest absolute Gasteiger partial charge is 0.195 e.